The van der Waals surface area contributed by atoms with Crippen LogP contribution in [-0.2, 0) is 6.42 Å². The number of nitrogens with zero attached hydrogens (tertiary/aromatic N) is 1. The van der Waals surface area contributed by atoms with Crippen molar-refractivity contribution in [3.63, 3.8) is 0 Å². The average molecular weight is 441 g/mol. The zero-order chi connectivity index (χ0) is 23.0. The van der Waals surface area contributed by atoms with E-state index in [0.29, 0.717) is 29.4 Å². The molecule has 0 saturated heterocycles. The molecule has 0 radical (unpaired) electrons. The first-order valence-corrected chi connectivity index (χ1v) is 11.4. The summed E-state index contributed by atoms with van der Waals surface area (Å²) in [6.07, 6.45) is 5.05. The van der Waals surface area contributed by atoms with Crippen LogP contribution in [0.3, 0.4) is 0 Å². The Kier molecular flexibility index (Phi) is 7.20. The molecular weight excluding hydrogens is 412 g/mol. The van der Waals surface area contributed by atoms with Crippen LogP contribution in [0.5, 0.6) is 5.75 Å². The van der Waals surface area contributed by atoms with Gasteiger partial charge in [0.05, 0.1) is 18.4 Å². The Morgan fingerprint density at radius 1 is 0.970 bits per heavy atom. The largest absolute Gasteiger partial charge is 0.494 e. The third kappa shape index (κ3) is 5.50. The summed E-state index contributed by atoms with van der Waals surface area (Å²) in [5, 5.41) is 2.99. The number of aromatic nitrogens is 1. The molecule has 0 aliphatic carbocycles. The fourth-order valence-electron chi connectivity index (χ4n) is 3.62. The quantitative estimate of drug-likeness (QED) is 0.304. The molecule has 0 unspecified atom stereocenters. The topological polar surface area (TPSA) is 64.4 Å². The Labute approximate surface area is 194 Å². The second-order valence-electron chi connectivity index (χ2n) is 7.79. The third-order valence-corrected chi connectivity index (χ3v) is 5.39. The lowest BCUT2D eigenvalue weighted by Gasteiger charge is -2.09. The van der Waals surface area contributed by atoms with Crippen LogP contribution in [0.15, 0.2) is 83.4 Å². The normalized spacial score (nSPS) is 10.7. The van der Waals surface area contributed by atoms with Crippen LogP contribution in [0.25, 0.3) is 22.8 Å². The summed E-state index contributed by atoms with van der Waals surface area (Å²) in [5.41, 5.74) is 4.08. The zero-order valence-corrected chi connectivity index (χ0v) is 19.0. The summed E-state index contributed by atoms with van der Waals surface area (Å²) in [7, 11) is 0. The summed E-state index contributed by atoms with van der Waals surface area (Å²) >= 11 is 0. The van der Waals surface area contributed by atoms with Crippen LogP contribution < -0.4 is 10.1 Å². The summed E-state index contributed by atoms with van der Waals surface area (Å²) < 4.78 is 11.5. The number of ether oxygens (including phenoxy) is 1. The van der Waals surface area contributed by atoms with Crippen molar-refractivity contribution in [1.82, 2.24) is 4.98 Å². The Morgan fingerprint density at radius 3 is 2.45 bits per heavy atom. The lowest BCUT2D eigenvalue weighted by atomic mass is 10.1. The molecule has 0 fully saturated rings. The van der Waals surface area contributed by atoms with Gasteiger partial charge in [-0.1, -0.05) is 37.6 Å². The number of nitrogens with one attached hydrogen (secondary N) is 1. The molecule has 1 N–H and O–H groups in total. The molecule has 0 aliphatic heterocycles. The van der Waals surface area contributed by atoms with Gasteiger partial charge in [-0.25, -0.2) is 4.98 Å². The summed E-state index contributed by atoms with van der Waals surface area (Å²) in [5.74, 6) is 1.64. The van der Waals surface area contributed by atoms with Crippen molar-refractivity contribution in [3.8, 4) is 28.5 Å². The summed E-state index contributed by atoms with van der Waals surface area (Å²) in [6, 6.07) is 23.0. The number of unbranched alkanes of at least 4 members (excludes halogenated alkanes) is 1. The van der Waals surface area contributed by atoms with Crippen molar-refractivity contribution < 1.29 is 13.9 Å². The highest BCUT2D eigenvalue weighted by atomic mass is 16.5. The minimum atomic E-state index is -0.201. The van der Waals surface area contributed by atoms with E-state index in [-0.39, 0.29) is 5.91 Å². The highest BCUT2D eigenvalue weighted by Crippen LogP contribution is 2.29. The van der Waals surface area contributed by atoms with Gasteiger partial charge >= 0.3 is 0 Å². The first kappa shape index (κ1) is 22.3. The Morgan fingerprint density at radius 2 is 1.73 bits per heavy atom. The van der Waals surface area contributed by atoms with E-state index in [1.54, 1.807) is 12.3 Å². The lowest BCUT2D eigenvalue weighted by molar-refractivity contribution is 0.102. The van der Waals surface area contributed by atoms with Crippen molar-refractivity contribution in [3.05, 3.63) is 90.1 Å². The van der Waals surface area contributed by atoms with Crippen molar-refractivity contribution >= 4 is 11.6 Å². The SMILES string of the molecule is CCCCc1ccc(NC(=O)c2ccccc2-c2ncc(-c3ccc(OCC)cc3)o2)cc1. The standard InChI is InChI=1S/C28H28N2O3/c1-3-5-8-20-11-15-22(16-12-20)30-27(31)24-9-6-7-10-25(24)28-29-19-26(33-28)21-13-17-23(18-14-21)32-4-2/h6-7,9-19H,3-5,8H2,1-2H3,(H,30,31). The molecule has 1 amide bonds. The molecule has 4 aromatic rings. The molecule has 5 nitrogen and oxygen atoms in total. The number of hydrogen-bond donors (Lipinski definition) is 1. The van der Waals surface area contributed by atoms with Gasteiger partial charge in [0.1, 0.15) is 5.75 Å². The molecule has 4 rings (SSSR count). The summed E-state index contributed by atoms with van der Waals surface area (Å²) in [6.45, 7) is 4.75. The molecule has 0 atom stereocenters. The number of carbonyl (C=O) groups is 1. The molecule has 168 valence electrons. The van der Waals surface area contributed by atoms with E-state index in [4.69, 9.17) is 9.15 Å². The average Bonchev–Trinajstić information content (AvgIpc) is 3.34. The van der Waals surface area contributed by atoms with E-state index in [0.717, 1.165) is 36.3 Å². The monoisotopic (exact) mass is 440 g/mol. The predicted molar refractivity (Wildman–Crippen MR) is 132 cm³/mol. The number of hydrogen-bond acceptors (Lipinski definition) is 4. The van der Waals surface area contributed by atoms with E-state index < -0.39 is 0 Å². The number of anilines is 1. The van der Waals surface area contributed by atoms with Gasteiger partial charge in [-0.05, 0) is 73.9 Å². The first-order chi connectivity index (χ1) is 16.2. The van der Waals surface area contributed by atoms with Crippen molar-refractivity contribution in [1.29, 1.82) is 0 Å². The van der Waals surface area contributed by atoms with Crippen LogP contribution in [0, 0.1) is 0 Å². The Balaban J connectivity index is 1.52. The Bertz CT molecular complexity index is 1190. The number of oxazole rings is 1. The van der Waals surface area contributed by atoms with Gasteiger partial charge in [0, 0.05) is 16.8 Å². The smallest absolute Gasteiger partial charge is 0.256 e. The molecule has 0 saturated carbocycles. The minimum Gasteiger partial charge on any atom is -0.494 e. The fraction of sp³-hybridized carbons (Fsp3) is 0.214. The van der Waals surface area contributed by atoms with E-state index in [1.807, 2.05) is 61.5 Å². The number of benzene rings is 3. The van der Waals surface area contributed by atoms with Gasteiger partial charge in [0.25, 0.3) is 5.91 Å². The molecule has 1 aromatic heterocycles. The second kappa shape index (κ2) is 10.6. The third-order valence-electron chi connectivity index (χ3n) is 5.39. The fourth-order valence-corrected chi connectivity index (χ4v) is 3.62. The molecule has 3 aromatic carbocycles. The maximum Gasteiger partial charge on any atom is 0.256 e. The van der Waals surface area contributed by atoms with Crippen LogP contribution in [0.2, 0.25) is 0 Å². The lowest BCUT2D eigenvalue weighted by Crippen LogP contribution is -2.13. The van der Waals surface area contributed by atoms with Gasteiger partial charge < -0.3 is 14.5 Å². The van der Waals surface area contributed by atoms with Crippen molar-refractivity contribution in [2.75, 3.05) is 11.9 Å². The second-order valence-corrected chi connectivity index (χ2v) is 7.79. The first-order valence-electron chi connectivity index (χ1n) is 11.4. The van der Waals surface area contributed by atoms with Crippen LogP contribution in [0.1, 0.15) is 42.6 Å². The Hall–Kier alpha value is -3.86. The van der Waals surface area contributed by atoms with Gasteiger partial charge in [0.2, 0.25) is 5.89 Å². The van der Waals surface area contributed by atoms with Crippen molar-refractivity contribution in [2.24, 2.45) is 0 Å². The predicted octanol–water partition coefficient (Wildman–Crippen LogP) is 7.00. The number of rotatable bonds is 9. The van der Waals surface area contributed by atoms with Crippen LogP contribution >= 0.6 is 0 Å². The molecule has 5 heteroatoms. The maximum absolute atomic E-state index is 13.0. The maximum atomic E-state index is 13.0. The molecule has 0 bridgehead atoms. The molecule has 1 heterocycles. The molecular formula is C28H28N2O3. The van der Waals surface area contributed by atoms with Gasteiger partial charge in [-0.15, -0.1) is 0 Å². The van der Waals surface area contributed by atoms with Crippen molar-refractivity contribution in [2.45, 2.75) is 33.1 Å². The molecule has 0 aliphatic rings. The number of aryl methyl sites for hydroxylation is 1. The highest BCUT2D eigenvalue weighted by Gasteiger charge is 2.17. The van der Waals surface area contributed by atoms with E-state index in [1.165, 1.54) is 5.56 Å². The van der Waals surface area contributed by atoms with Gasteiger partial charge in [0.15, 0.2) is 5.76 Å². The number of carbonyl (C=O) groups excluding carboxylic acids is 1. The van der Waals surface area contributed by atoms with Crippen LogP contribution in [-0.4, -0.2) is 17.5 Å². The van der Waals surface area contributed by atoms with E-state index >= 15 is 0 Å². The molecule has 0 spiro atoms. The van der Waals surface area contributed by atoms with E-state index in [2.05, 4.69) is 29.4 Å². The van der Waals surface area contributed by atoms with E-state index in [9.17, 15) is 4.79 Å². The highest BCUT2D eigenvalue weighted by molar-refractivity contribution is 6.08. The number of amides is 1. The zero-order valence-electron chi connectivity index (χ0n) is 19.0. The van der Waals surface area contributed by atoms with Gasteiger partial charge in [-0.2, -0.15) is 0 Å². The summed E-state index contributed by atoms with van der Waals surface area (Å²) in [4.78, 5) is 17.5. The van der Waals surface area contributed by atoms with Gasteiger partial charge in [-0.3, -0.25) is 4.79 Å². The minimum absolute atomic E-state index is 0.201. The molecule has 33 heavy (non-hydrogen) atoms. The van der Waals surface area contributed by atoms with Crippen LogP contribution in [0.4, 0.5) is 5.69 Å².